The van der Waals surface area contributed by atoms with Gasteiger partial charge in [-0.25, -0.2) is 0 Å². The van der Waals surface area contributed by atoms with Crippen LogP contribution < -0.4 is 0 Å². The number of halogens is 1. The molecule has 4 N–H and O–H groups in total. The predicted octanol–water partition coefficient (Wildman–Crippen LogP) is 1.58. The van der Waals surface area contributed by atoms with E-state index in [2.05, 4.69) is 15.9 Å². The first-order chi connectivity index (χ1) is 5.46. The van der Waals surface area contributed by atoms with Crippen molar-refractivity contribution in [3.63, 3.8) is 0 Å². The first kappa shape index (κ1) is 8.99. The molecule has 0 saturated heterocycles. The minimum Gasteiger partial charge on any atom is -0.504 e. The largest absolute Gasteiger partial charge is 0.504 e. The zero-order chi connectivity index (χ0) is 9.46. The Bertz CT molecular complexity index is 230. The second-order valence-corrected chi connectivity index (χ2v) is 3.13. The molecule has 12 heavy (non-hydrogen) atoms. The first-order valence-electron chi connectivity index (χ1n) is 3.08. The van der Waals surface area contributed by atoms with Crippen molar-refractivity contribution in [2.75, 3.05) is 0 Å². The molecule has 0 aliphatic rings. The van der Waals surface area contributed by atoms with Crippen LogP contribution in [0.5, 0.6) is 23.0 Å². The topological polar surface area (TPSA) is 80.9 Å². The number of hydrogen-bond donors (Lipinski definition) is 4. The van der Waals surface area contributed by atoms with Crippen molar-refractivity contribution < 1.29 is 20.4 Å². The van der Waals surface area contributed by atoms with Gasteiger partial charge in [-0.1, -0.05) is 0 Å². The Morgan fingerprint density at radius 1 is 0.833 bits per heavy atom. The van der Waals surface area contributed by atoms with E-state index in [0.29, 0.717) is 0 Å². The first-order valence-corrected chi connectivity index (χ1v) is 3.88. The Morgan fingerprint density at radius 2 is 1.25 bits per heavy atom. The molecule has 0 unspecified atom stereocenters. The smallest absolute Gasteiger partial charge is 0.205 e. The standard InChI is InChI=1S/C7H7BrO4/c1-2-3(8)5(10)7(12)6(11)4(2)9/h9-12H,1H3. The molecule has 0 fully saturated rings. The SMILES string of the molecule is Cc1c(O)c(O)c(O)c(O)c1Br. The van der Waals surface area contributed by atoms with Gasteiger partial charge in [-0.15, -0.1) is 0 Å². The van der Waals surface area contributed by atoms with Gasteiger partial charge >= 0.3 is 0 Å². The molecule has 1 rings (SSSR count). The van der Waals surface area contributed by atoms with E-state index in [-0.39, 0.29) is 10.0 Å². The van der Waals surface area contributed by atoms with Crippen molar-refractivity contribution in [1.29, 1.82) is 0 Å². The monoisotopic (exact) mass is 234 g/mol. The lowest BCUT2D eigenvalue weighted by Gasteiger charge is -2.08. The highest BCUT2D eigenvalue weighted by Gasteiger charge is 2.18. The van der Waals surface area contributed by atoms with E-state index in [4.69, 9.17) is 20.4 Å². The van der Waals surface area contributed by atoms with Gasteiger partial charge in [-0.2, -0.15) is 0 Å². The molecule has 0 aliphatic heterocycles. The van der Waals surface area contributed by atoms with Crippen molar-refractivity contribution in [2.45, 2.75) is 6.92 Å². The molecule has 66 valence electrons. The second-order valence-electron chi connectivity index (χ2n) is 2.33. The number of benzene rings is 1. The summed E-state index contributed by atoms with van der Waals surface area (Å²) in [5.41, 5.74) is 0.266. The Balaban J connectivity index is 3.60. The van der Waals surface area contributed by atoms with Crippen LogP contribution in [0.4, 0.5) is 0 Å². The molecule has 0 saturated carbocycles. The third-order valence-corrected chi connectivity index (χ3v) is 2.54. The van der Waals surface area contributed by atoms with E-state index in [1.165, 1.54) is 6.92 Å². The molecule has 4 nitrogen and oxygen atoms in total. The van der Waals surface area contributed by atoms with Gasteiger partial charge < -0.3 is 20.4 Å². The average Bonchev–Trinajstić information content (AvgIpc) is 2.08. The average molecular weight is 235 g/mol. The molecular formula is C7H7BrO4. The summed E-state index contributed by atoms with van der Waals surface area (Å²) in [5, 5.41) is 36.3. The zero-order valence-corrected chi connectivity index (χ0v) is 7.75. The summed E-state index contributed by atoms with van der Waals surface area (Å²) < 4.78 is 0.162. The third kappa shape index (κ3) is 1.06. The number of phenolic OH excluding ortho intramolecular Hbond substituents is 4. The molecule has 0 atom stereocenters. The highest BCUT2D eigenvalue weighted by Crippen LogP contribution is 2.48. The van der Waals surface area contributed by atoms with Gasteiger partial charge in [0.15, 0.2) is 11.5 Å². The zero-order valence-electron chi connectivity index (χ0n) is 6.17. The lowest BCUT2D eigenvalue weighted by atomic mass is 10.2. The molecule has 0 spiro atoms. The van der Waals surface area contributed by atoms with E-state index in [9.17, 15) is 0 Å². The van der Waals surface area contributed by atoms with Gasteiger partial charge in [-0.3, -0.25) is 0 Å². The summed E-state index contributed by atoms with van der Waals surface area (Å²) >= 11 is 2.93. The molecule has 0 radical (unpaired) electrons. The van der Waals surface area contributed by atoms with E-state index in [0.717, 1.165) is 0 Å². The van der Waals surface area contributed by atoms with Crippen LogP contribution in [0.15, 0.2) is 4.47 Å². The van der Waals surface area contributed by atoms with Gasteiger partial charge in [0.2, 0.25) is 11.5 Å². The van der Waals surface area contributed by atoms with Crippen LogP contribution in [-0.2, 0) is 0 Å². The third-order valence-electron chi connectivity index (χ3n) is 1.57. The lowest BCUT2D eigenvalue weighted by Crippen LogP contribution is -1.81. The fourth-order valence-corrected chi connectivity index (χ4v) is 1.16. The van der Waals surface area contributed by atoms with E-state index < -0.39 is 23.0 Å². The summed E-state index contributed by atoms with van der Waals surface area (Å²) in [4.78, 5) is 0. The predicted molar refractivity (Wildman–Crippen MR) is 45.5 cm³/mol. The number of hydrogen-bond acceptors (Lipinski definition) is 4. The Kier molecular flexibility index (Phi) is 2.06. The van der Waals surface area contributed by atoms with Gasteiger partial charge in [0, 0.05) is 5.56 Å². The quantitative estimate of drug-likeness (QED) is 0.406. The summed E-state index contributed by atoms with van der Waals surface area (Å²) in [6, 6.07) is 0. The Hall–Kier alpha value is -1.10. The van der Waals surface area contributed by atoms with Crippen LogP contribution in [0.2, 0.25) is 0 Å². The van der Waals surface area contributed by atoms with Crippen LogP contribution in [0.1, 0.15) is 5.56 Å². The molecule has 0 aliphatic carbocycles. The van der Waals surface area contributed by atoms with Crippen molar-refractivity contribution in [3.8, 4) is 23.0 Å². The molecular weight excluding hydrogens is 228 g/mol. The number of rotatable bonds is 0. The van der Waals surface area contributed by atoms with Crippen LogP contribution in [0.25, 0.3) is 0 Å². The molecule has 0 bridgehead atoms. The van der Waals surface area contributed by atoms with Crippen molar-refractivity contribution in [1.82, 2.24) is 0 Å². The highest BCUT2D eigenvalue weighted by atomic mass is 79.9. The summed E-state index contributed by atoms with van der Waals surface area (Å²) in [7, 11) is 0. The number of aromatic hydroxyl groups is 4. The normalized spacial score (nSPS) is 10.2. The Morgan fingerprint density at radius 3 is 1.75 bits per heavy atom. The fraction of sp³-hybridized carbons (Fsp3) is 0.143. The van der Waals surface area contributed by atoms with Crippen molar-refractivity contribution in [3.05, 3.63) is 10.0 Å². The van der Waals surface area contributed by atoms with Crippen LogP contribution >= 0.6 is 15.9 Å². The highest BCUT2D eigenvalue weighted by molar-refractivity contribution is 9.10. The van der Waals surface area contributed by atoms with Crippen LogP contribution in [0.3, 0.4) is 0 Å². The van der Waals surface area contributed by atoms with E-state index in [1.54, 1.807) is 0 Å². The minimum atomic E-state index is -0.732. The summed E-state index contributed by atoms with van der Waals surface area (Å²) in [5.74, 6) is -2.38. The summed E-state index contributed by atoms with van der Waals surface area (Å²) in [6.07, 6.45) is 0. The number of phenols is 4. The van der Waals surface area contributed by atoms with Crippen molar-refractivity contribution >= 4 is 15.9 Å². The molecule has 5 heteroatoms. The maximum absolute atomic E-state index is 9.14. The van der Waals surface area contributed by atoms with E-state index in [1.807, 2.05) is 0 Å². The van der Waals surface area contributed by atoms with Gasteiger partial charge in [0.25, 0.3) is 0 Å². The molecule has 1 aromatic carbocycles. The van der Waals surface area contributed by atoms with E-state index >= 15 is 0 Å². The van der Waals surface area contributed by atoms with Crippen LogP contribution in [0, 0.1) is 6.92 Å². The maximum atomic E-state index is 9.14. The van der Waals surface area contributed by atoms with Gasteiger partial charge in [-0.05, 0) is 22.9 Å². The minimum absolute atomic E-state index is 0.162. The van der Waals surface area contributed by atoms with Crippen LogP contribution in [-0.4, -0.2) is 20.4 Å². The molecule has 1 aromatic rings. The second kappa shape index (κ2) is 2.75. The molecule has 0 amide bonds. The lowest BCUT2D eigenvalue weighted by molar-refractivity contribution is 0.343. The maximum Gasteiger partial charge on any atom is 0.205 e. The molecule has 0 heterocycles. The fourth-order valence-electron chi connectivity index (χ4n) is 0.787. The van der Waals surface area contributed by atoms with Crippen molar-refractivity contribution in [2.24, 2.45) is 0 Å². The van der Waals surface area contributed by atoms with Gasteiger partial charge in [0.05, 0.1) is 4.47 Å². The van der Waals surface area contributed by atoms with Gasteiger partial charge in [0.1, 0.15) is 0 Å². The summed E-state index contributed by atoms with van der Waals surface area (Å²) in [6.45, 7) is 1.48. The Labute approximate surface area is 76.8 Å². The molecule has 0 aromatic heterocycles.